The minimum Gasteiger partial charge on any atom is -0.454 e. The van der Waals surface area contributed by atoms with Crippen molar-refractivity contribution >= 4 is 37.1 Å². The quantitative estimate of drug-likeness (QED) is 0.693. The number of piperazine rings is 1. The number of unbranched alkanes of at least 4 members (excludes halogenated alkanes) is 1. The molecule has 3 aliphatic heterocycles. The van der Waals surface area contributed by atoms with Gasteiger partial charge in [0.05, 0.1) is 17.5 Å². The van der Waals surface area contributed by atoms with E-state index in [9.17, 15) is 14.9 Å². The van der Waals surface area contributed by atoms with E-state index in [1.165, 1.54) is 9.80 Å². The Morgan fingerprint density at radius 2 is 1.90 bits per heavy atom. The predicted molar refractivity (Wildman–Crippen MR) is 116 cm³/mol. The number of nitriles is 1. The highest BCUT2D eigenvalue weighted by molar-refractivity contribution is 7.83. The van der Waals surface area contributed by atoms with Crippen LogP contribution in [0.5, 0.6) is 11.5 Å². The van der Waals surface area contributed by atoms with Gasteiger partial charge in [-0.15, -0.1) is 25.3 Å². The lowest BCUT2D eigenvalue weighted by Crippen LogP contribution is -2.71. The molecule has 9 heteroatoms. The summed E-state index contributed by atoms with van der Waals surface area (Å²) in [6.07, 6.45) is 1.75. The van der Waals surface area contributed by atoms with E-state index in [1.54, 1.807) is 26.0 Å². The maximum absolute atomic E-state index is 13.7. The first-order chi connectivity index (χ1) is 14.1. The first-order valence-corrected chi connectivity index (χ1v) is 10.9. The number of carbonyl (C=O) groups is 2. The van der Waals surface area contributed by atoms with Gasteiger partial charge in [0.1, 0.15) is 0 Å². The Morgan fingerprint density at radius 1 is 1.20 bits per heavy atom. The molecule has 7 nitrogen and oxygen atoms in total. The molecule has 1 aromatic carbocycles. The van der Waals surface area contributed by atoms with Crippen LogP contribution in [0, 0.1) is 16.7 Å². The Labute approximate surface area is 187 Å². The SMILES string of the molecule is CCCCN1C(=O)[C@@]2(S)C[C@](C)(C#N)C(c3ccc4c(c3)OCO4)N2C(=O)[C@@]1(C)S. The van der Waals surface area contributed by atoms with Crippen LogP contribution in [-0.4, -0.2) is 44.7 Å². The van der Waals surface area contributed by atoms with Crippen LogP contribution in [0.25, 0.3) is 0 Å². The summed E-state index contributed by atoms with van der Waals surface area (Å²) in [6, 6.07) is 7.03. The molecule has 0 spiro atoms. The van der Waals surface area contributed by atoms with Gasteiger partial charge < -0.3 is 19.3 Å². The van der Waals surface area contributed by atoms with E-state index in [1.807, 2.05) is 13.0 Å². The topological polar surface area (TPSA) is 82.9 Å². The van der Waals surface area contributed by atoms with Crippen molar-refractivity contribution in [1.82, 2.24) is 9.80 Å². The van der Waals surface area contributed by atoms with Crippen molar-refractivity contribution in [2.75, 3.05) is 13.3 Å². The lowest BCUT2D eigenvalue weighted by molar-refractivity contribution is -0.165. The zero-order chi connectivity index (χ0) is 21.9. The molecule has 0 N–H and O–H groups in total. The van der Waals surface area contributed by atoms with Gasteiger partial charge >= 0.3 is 0 Å². The zero-order valence-corrected chi connectivity index (χ0v) is 19.0. The van der Waals surface area contributed by atoms with Crippen LogP contribution in [0.2, 0.25) is 0 Å². The van der Waals surface area contributed by atoms with Gasteiger partial charge in [-0.3, -0.25) is 9.59 Å². The molecule has 3 heterocycles. The molecule has 3 aliphatic rings. The molecule has 0 bridgehead atoms. The van der Waals surface area contributed by atoms with Crippen LogP contribution >= 0.6 is 25.3 Å². The molecule has 160 valence electrons. The summed E-state index contributed by atoms with van der Waals surface area (Å²) < 4.78 is 10.9. The van der Waals surface area contributed by atoms with Gasteiger partial charge in [0.2, 0.25) is 6.79 Å². The molecule has 0 aromatic heterocycles. The number of fused-ring (bicyclic) bond motifs is 2. The molecule has 0 aliphatic carbocycles. The fraction of sp³-hybridized carbons (Fsp3) is 0.571. The third-order valence-electron chi connectivity index (χ3n) is 6.31. The van der Waals surface area contributed by atoms with Crippen molar-refractivity contribution < 1.29 is 19.1 Å². The van der Waals surface area contributed by atoms with Gasteiger partial charge in [0.15, 0.2) is 21.2 Å². The summed E-state index contributed by atoms with van der Waals surface area (Å²) in [6.45, 7) is 5.96. The normalized spacial score (nSPS) is 34.9. The number of ether oxygens (including phenoxy) is 2. The molecule has 1 aromatic rings. The van der Waals surface area contributed by atoms with Crippen molar-refractivity contribution in [1.29, 1.82) is 5.26 Å². The molecular weight excluding hydrogens is 422 g/mol. The van der Waals surface area contributed by atoms with Crippen molar-refractivity contribution in [3.63, 3.8) is 0 Å². The monoisotopic (exact) mass is 447 g/mol. The van der Waals surface area contributed by atoms with Crippen molar-refractivity contribution in [3.05, 3.63) is 23.8 Å². The summed E-state index contributed by atoms with van der Waals surface area (Å²) in [4.78, 5) is 27.6. The van der Waals surface area contributed by atoms with Gasteiger partial charge in [-0.2, -0.15) is 5.26 Å². The number of thiol groups is 2. The van der Waals surface area contributed by atoms with Crippen molar-refractivity contribution in [2.24, 2.45) is 5.41 Å². The molecule has 2 saturated heterocycles. The van der Waals surface area contributed by atoms with Crippen LogP contribution in [0.4, 0.5) is 0 Å². The minimum absolute atomic E-state index is 0.121. The number of hydrogen-bond donors (Lipinski definition) is 2. The zero-order valence-electron chi connectivity index (χ0n) is 17.2. The second-order valence-corrected chi connectivity index (χ2v) is 10.2. The lowest BCUT2D eigenvalue weighted by Gasteiger charge is -2.52. The highest BCUT2D eigenvalue weighted by Crippen LogP contribution is 2.60. The molecule has 0 radical (unpaired) electrons. The van der Waals surface area contributed by atoms with Crippen LogP contribution < -0.4 is 9.47 Å². The molecule has 2 amide bonds. The van der Waals surface area contributed by atoms with E-state index in [-0.39, 0.29) is 25.0 Å². The molecule has 0 saturated carbocycles. The molecule has 4 atom stereocenters. The molecular formula is C21H25N3O4S2. The Morgan fingerprint density at radius 3 is 2.57 bits per heavy atom. The molecule has 4 rings (SSSR count). The highest BCUT2D eigenvalue weighted by Gasteiger charge is 2.69. The number of rotatable bonds is 4. The maximum atomic E-state index is 13.7. The number of benzene rings is 1. The molecule has 30 heavy (non-hydrogen) atoms. The van der Waals surface area contributed by atoms with E-state index in [4.69, 9.17) is 22.1 Å². The van der Waals surface area contributed by atoms with Gasteiger partial charge in [0, 0.05) is 13.0 Å². The Kier molecular flexibility index (Phi) is 4.94. The minimum atomic E-state index is -1.42. The number of nitrogens with zero attached hydrogens (tertiary/aromatic N) is 3. The summed E-state index contributed by atoms with van der Waals surface area (Å²) in [7, 11) is 0. The van der Waals surface area contributed by atoms with E-state index >= 15 is 0 Å². The Bertz CT molecular complexity index is 962. The van der Waals surface area contributed by atoms with Gasteiger partial charge in [-0.1, -0.05) is 19.4 Å². The Balaban J connectivity index is 1.84. The number of amides is 2. The first kappa shape index (κ1) is 21.2. The van der Waals surface area contributed by atoms with E-state index in [0.29, 0.717) is 23.6 Å². The number of hydrogen-bond acceptors (Lipinski definition) is 7. The fourth-order valence-electron chi connectivity index (χ4n) is 4.75. The van der Waals surface area contributed by atoms with E-state index in [2.05, 4.69) is 18.7 Å². The summed E-state index contributed by atoms with van der Waals surface area (Å²) in [5.74, 6) is 0.538. The van der Waals surface area contributed by atoms with Crippen LogP contribution in [0.3, 0.4) is 0 Å². The lowest BCUT2D eigenvalue weighted by atomic mass is 9.79. The Hall–Kier alpha value is -2.05. The second kappa shape index (κ2) is 6.99. The first-order valence-electron chi connectivity index (χ1n) is 10.0. The van der Waals surface area contributed by atoms with E-state index in [0.717, 1.165) is 12.8 Å². The van der Waals surface area contributed by atoms with Crippen molar-refractivity contribution in [3.8, 4) is 17.6 Å². The third-order valence-corrected chi connectivity index (χ3v) is 7.31. The van der Waals surface area contributed by atoms with E-state index < -0.39 is 21.2 Å². The summed E-state index contributed by atoms with van der Waals surface area (Å²) in [5, 5.41) is 10.1. The predicted octanol–water partition coefficient (Wildman–Crippen LogP) is 3.13. The standard InChI is InChI=1S/C21H25N3O4S2/c1-4-5-8-23-18(26)21(30)10-19(2,11-22)16(24(21)17(25)20(23,3)29)13-6-7-14-15(9-13)28-12-27-14/h6-7,9,16,29-30H,4-5,8,10,12H2,1-3H3/t16?,19-,20-,21+/m1/s1. The van der Waals surface area contributed by atoms with Crippen LogP contribution in [0.1, 0.15) is 51.6 Å². The average Bonchev–Trinajstić information content (AvgIpc) is 3.26. The van der Waals surface area contributed by atoms with Crippen molar-refractivity contribution in [2.45, 2.75) is 55.8 Å². The maximum Gasteiger partial charge on any atom is 0.260 e. The molecule has 2 fully saturated rings. The average molecular weight is 448 g/mol. The largest absolute Gasteiger partial charge is 0.454 e. The van der Waals surface area contributed by atoms with Gasteiger partial charge in [0.25, 0.3) is 11.8 Å². The molecule has 1 unspecified atom stereocenters. The summed E-state index contributed by atoms with van der Waals surface area (Å²) in [5.41, 5.74) is -0.322. The smallest absolute Gasteiger partial charge is 0.260 e. The van der Waals surface area contributed by atoms with Crippen LogP contribution in [-0.2, 0) is 9.59 Å². The van der Waals surface area contributed by atoms with Gasteiger partial charge in [-0.25, -0.2) is 0 Å². The van der Waals surface area contributed by atoms with Gasteiger partial charge in [-0.05, 0) is 38.0 Å². The fourth-order valence-corrected chi connectivity index (χ4v) is 5.70. The second-order valence-electron chi connectivity index (χ2n) is 8.54. The third kappa shape index (κ3) is 2.80. The van der Waals surface area contributed by atoms with Crippen LogP contribution in [0.15, 0.2) is 18.2 Å². The summed E-state index contributed by atoms with van der Waals surface area (Å²) >= 11 is 9.37. The number of carbonyl (C=O) groups excluding carboxylic acids is 2. The highest BCUT2D eigenvalue weighted by atomic mass is 32.1.